The van der Waals surface area contributed by atoms with E-state index in [0.29, 0.717) is 35.2 Å². The van der Waals surface area contributed by atoms with Gasteiger partial charge in [0.15, 0.2) is 0 Å². The first-order valence-electron chi connectivity index (χ1n) is 7.90. The average molecular weight is 380 g/mol. The molecule has 1 N–H and O–H groups in total. The number of nitrogens with zero attached hydrogens (tertiary/aromatic N) is 4. The summed E-state index contributed by atoms with van der Waals surface area (Å²) in [6.07, 6.45) is 0.703. The SMILES string of the molecule is Cc1nc2c(c(N(C)C)n1)CN(C(=O)Nc1ccc(Cl)c(Cl)c1)CC2. The molecule has 1 aliphatic heterocycles. The second-order valence-corrected chi connectivity index (χ2v) is 6.96. The number of hydrogen-bond donors (Lipinski definition) is 1. The number of hydrogen-bond acceptors (Lipinski definition) is 4. The number of fused-ring (bicyclic) bond motifs is 1. The maximum Gasteiger partial charge on any atom is 0.322 e. The summed E-state index contributed by atoms with van der Waals surface area (Å²) in [6.45, 7) is 2.95. The molecule has 6 nitrogen and oxygen atoms in total. The van der Waals surface area contributed by atoms with Crippen LogP contribution in [-0.4, -0.2) is 41.5 Å². The number of aryl methyl sites for hydroxylation is 1. The van der Waals surface area contributed by atoms with Gasteiger partial charge in [0.25, 0.3) is 0 Å². The summed E-state index contributed by atoms with van der Waals surface area (Å²) in [4.78, 5) is 25.3. The van der Waals surface area contributed by atoms with Gasteiger partial charge >= 0.3 is 6.03 Å². The highest BCUT2D eigenvalue weighted by Crippen LogP contribution is 2.27. The van der Waals surface area contributed by atoms with Crippen LogP contribution in [0.2, 0.25) is 10.0 Å². The molecule has 0 unspecified atom stereocenters. The van der Waals surface area contributed by atoms with Gasteiger partial charge < -0.3 is 15.1 Å². The number of anilines is 2. The van der Waals surface area contributed by atoms with Crippen LogP contribution in [0.15, 0.2) is 18.2 Å². The molecule has 8 heteroatoms. The van der Waals surface area contributed by atoms with E-state index in [0.717, 1.165) is 22.9 Å². The lowest BCUT2D eigenvalue weighted by molar-refractivity contribution is 0.206. The lowest BCUT2D eigenvalue weighted by Crippen LogP contribution is -2.40. The summed E-state index contributed by atoms with van der Waals surface area (Å²) in [7, 11) is 3.88. The Bertz CT molecular complexity index is 825. The number of nitrogens with one attached hydrogen (secondary N) is 1. The molecule has 0 aliphatic carbocycles. The molecular formula is C17H19Cl2N5O. The van der Waals surface area contributed by atoms with Crippen LogP contribution in [0.5, 0.6) is 0 Å². The van der Waals surface area contributed by atoms with Crippen LogP contribution in [-0.2, 0) is 13.0 Å². The number of halogens is 2. The van der Waals surface area contributed by atoms with Crippen LogP contribution < -0.4 is 10.2 Å². The molecule has 2 amide bonds. The van der Waals surface area contributed by atoms with Gasteiger partial charge in [-0.05, 0) is 25.1 Å². The van der Waals surface area contributed by atoms with E-state index in [4.69, 9.17) is 23.2 Å². The molecule has 0 fully saturated rings. The summed E-state index contributed by atoms with van der Waals surface area (Å²) in [5.74, 6) is 1.60. The van der Waals surface area contributed by atoms with E-state index >= 15 is 0 Å². The van der Waals surface area contributed by atoms with Gasteiger partial charge in [0.05, 0.1) is 22.3 Å². The molecule has 3 rings (SSSR count). The molecule has 0 bridgehead atoms. The van der Waals surface area contributed by atoms with Gasteiger partial charge in [0, 0.05) is 38.3 Å². The minimum atomic E-state index is -0.186. The smallest absolute Gasteiger partial charge is 0.322 e. The minimum absolute atomic E-state index is 0.186. The predicted octanol–water partition coefficient (Wildman–Crippen LogP) is 3.75. The van der Waals surface area contributed by atoms with Gasteiger partial charge in [-0.3, -0.25) is 0 Å². The Kier molecular flexibility index (Phi) is 5.01. The van der Waals surface area contributed by atoms with Gasteiger partial charge in [-0.1, -0.05) is 23.2 Å². The number of carbonyl (C=O) groups excluding carboxylic acids is 1. The van der Waals surface area contributed by atoms with Crippen molar-refractivity contribution in [3.05, 3.63) is 45.3 Å². The minimum Gasteiger partial charge on any atom is -0.362 e. The number of rotatable bonds is 2. The normalized spacial score (nSPS) is 13.4. The van der Waals surface area contributed by atoms with Crippen molar-refractivity contribution in [2.24, 2.45) is 0 Å². The zero-order chi connectivity index (χ0) is 18.1. The Balaban J connectivity index is 1.80. The number of aromatic nitrogens is 2. The van der Waals surface area contributed by atoms with Crippen LogP contribution in [0.1, 0.15) is 17.1 Å². The first-order valence-corrected chi connectivity index (χ1v) is 8.65. The lowest BCUT2D eigenvalue weighted by atomic mass is 10.1. The zero-order valence-electron chi connectivity index (χ0n) is 14.3. The molecule has 132 valence electrons. The first-order chi connectivity index (χ1) is 11.8. The summed E-state index contributed by atoms with van der Waals surface area (Å²) >= 11 is 11.9. The largest absolute Gasteiger partial charge is 0.362 e. The standard InChI is InChI=1S/C17H19Cl2N5O/c1-10-20-15-6-7-24(9-12(15)16(21-10)23(2)3)17(25)22-11-4-5-13(18)14(19)8-11/h4-5,8H,6-7,9H2,1-3H3,(H,22,25). The fraction of sp³-hybridized carbons (Fsp3) is 0.353. The van der Waals surface area contributed by atoms with Crippen LogP contribution >= 0.6 is 23.2 Å². The zero-order valence-corrected chi connectivity index (χ0v) is 15.8. The molecule has 1 aliphatic rings. The second kappa shape index (κ2) is 7.06. The molecule has 0 saturated heterocycles. The number of benzene rings is 1. The van der Waals surface area contributed by atoms with E-state index < -0.39 is 0 Å². The van der Waals surface area contributed by atoms with Crippen LogP contribution in [0, 0.1) is 6.92 Å². The molecule has 2 heterocycles. The van der Waals surface area contributed by atoms with E-state index in [1.54, 1.807) is 23.1 Å². The van der Waals surface area contributed by atoms with Crippen molar-refractivity contribution in [1.29, 1.82) is 0 Å². The molecule has 0 saturated carbocycles. The summed E-state index contributed by atoms with van der Waals surface area (Å²) < 4.78 is 0. The Morgan fingerprint density at radius 3 is 2.68 bits per heavy atom. The van der Waals surface area contributed by atoms with Gasteiger partial charge in [-0.15, -0.1) is 0 Å². The maximum absolute atomic E-state index is 12.6. The molecule has 2 aromatic rings. The van der Waals surface area contributed by atoms with E-state index in [1.807, 2.05) is 25.9 Å². The molecule has 0 radical (unpaired) electrons. The van der Waals surface area contributed by atoms with Crippen molar-refractivity contribution in [3.8, 4) is 0 Å². The van der Waals surface area contributed by atoms with Gasteiger partial charge in [-0.2, -0.15) is 0 Å². The Labute approximate surface area is 156 Å². The quantitative estimate of drug-likeness (QED) is 0.862. The highest BCUT2D eigenvalue weighted by molar-refractivity contribution is 6.42. The molecule has 0 atom stereocenters. The Morgan fingerprint density at radius 2 is 2.00 bits per heavy atom. The summed E-state index contributed by atoms with van der Waals surface area (Å²) in [5, 5.41) is 3.72. The topological polar surface area (TPSA) is 61.4 Å². The van der Waals surface area contributed by atoms with E-state index in [-0.39, 0.29) is 6.03 Å². The van der Waals surface area contributed by atoms with E-state index in [9.17, 15) is 4.79 Å². The third-order valence-corrected chi connectivity index (χ3v) is 4.77. The highest BCUT2D eigenvalue weighted by atomic mass is 35.5. The van der Waals surface area contributed by atoms with Crippen molar-refractivity contribution in [2.75, 3.05) is 30.9 Å². The van der Waals surface area contributed by atoms with Crippen molar-refractivity contribution < 1.29 is 4.79 Å². The molecule has 25 heavy (non-hydrogen) atoms. The summed E-state index contributed by atoms with van der Waals surface area (Å²) in [5.41, 5.74) is 2.61. The molecule has 0 spiro atoms. The van der Waals surface area contributed by atoms with E-state index in [2.05, 4.69) is 15.3 Å². The molecular weight excluding hydrogens is 361 g/mol. The third-order valence-electron chi connectivity index (χ3n) is 4.03. The fourth-order valence-corrected chi connectivity index (χ4v) is 3.13. The van der Waals surface area contributed by atoms with Crippen molar-refractivity contribution in [1.82, 2.24) is 14.9 Å². The van der Waals surface area contributed by atoms with Gasteiger partial charge in [-0.25, -0.2) is 14.8 Å². The predicted molar refractivity (Wildman–Crippen MR) is 101 cm³/mol. The number of amides is 2. The van der Waals surface area contributed by atoms with Crippen LogP contribution in [0.4, 0.5) is 16.3 Å². The van der Waals surface area contributed by atoms with Crippen molar-refractivity contribution >= 4 is 40.7 Å². The van der Waals surface area contributed by atoms with Crippen LogP contribution in [0.25, 0.3) is 0 Å². The van der Waals surface area contributed by atoms with E-state index in [1.165, 1.54) is 0 Å². The Hall–Kier alpha value is -2.05. The molecule has 1 aromatic carbocycles. The van der Waals surface area contributed by atoms with Crippen LogP contribution in [0.3, 0.4) is 0 Å². The lowest BCUT2D eigenvalue weighted by Gasteiger charge is -2.31. The number of urea groups is 1. The van der Waals surface area contributed by atoms with Crippen molar-refractivity contribution in [2.45, 2.75) is 19.9 Å². The summed E-state index contributed by atoms with van der Waals surface area (Å²) in [6, 6.07) is 4.83. The third kappa shape index (κ3) is 3.80. The van der Waals surface area contributed by atoms with Crippen molar-refractivity contribution in [3.63, 3.8) is 0 Å². The molecule has 1 aromatic heterocycles. The van der Waals surface area contributed by atoms with Gasteiger partial charge in [0.2, 0.25) is 0 Å². The fourth-order valence-electron chi connectivity index (χ4n) is 2.84. The first kappa shape index (κ1) is 17.8. The number of carbonyl (C=O) groups is 1. The monoisotopic (exact) mass is 379 g/mol. The second-order valence-electron chi connectivity index (χ2n) is 6.14. The average Bonchev–Trinajstić information content (AvgIpc) is 2.56. The Morgan fingerprint density at radius 1 is 1.24 bits per heavy atom. The highest BCUT2D eigenvalue weighted by Gasteiger charge is 2.25. The van der Waals surface area contributed by atoms with Gasteiger partial charge in [0.1, 0.15) is 11.6 Å². The maximum atomic E-state index is 12.6.